The van der Waals surface area contributed by atoms with E-state index in [2.05, 4.69) is 15.5 Å². The monoisotopic (exact) mass is 429 g/mol. The summed E-state index contributed by atoms with van der Waals surface area (Å²) in [4.78, 5) is 25.3. The van der Waals surface area contributed by atoms with Gasteiger partial charge < -0.3 is 9.73 Å². The number of hydrogen-bond acceptors (Lipinski definition) is 6. The standard InChI is InChI=1S/C24H19N3O3S/c28-21(16-31-24-27-26-22(30-24)15-17-9-3-1-4-10-17)25-20-14-8-7-13-19(20)23(29)18-11-5-2-6-12-18/h1-14H,15-16H2,(H,25,28). The maximum atomic E-state index is 12.8. The Bertz CT molecular complexity index is 1180. The number of amides is 1. The van der Waals surface area contributed by atoms with Gasteiger partial charge in [0.25, 0.3) is 5.22 Å². The number of anilines is 1. The maximum Gasteiger partial charge on any atom is 0.277 e. The molecule has 154 valence electrons. The molecule has 0 fully saturated rings. The third kappa shape index (κ3) is 5.46. The van der Waals surface area contributed by atoms with Gasteiger partial charge in [0.15, 0.2) is 5.78 Å². The van der Waals surface area contributed by atoms with Gasteiger partial charge in [0, 0.05) is 11.1 Å². The normalized spacial score (nSPS) is 10.6. The summed E-state index contributed by atoms with van der Waals surface area (Å²) in [5.41, 5.74) is 2.54. The molecule has 0 saturated heterocycles. The van der Waals surface area contributed by atoms with Crippen LogP contribution in [0, 0.1) is 0 Å². The molecule has 7 heteroatoms. The number of rotatable bonds is 8. The summed E-state index contributed by atoms with van der Waals surface area (Å²) in [6, 6.07) is 25.7. The molecule has 1 N–H and O–H groups in total. The van der Waals surface area contributed by atoms with Gasteiger partial charge >= 0.3 is 0 Å². The van der Waals surface area contributed by atoms with Crippen LogP contribution in [-0.2, 0) is 11.2 Å². The highest BCUT2D eigenvalue weighted by molar-refractivity contribution is 7.99. The molecule has 31 heavy (non-hydrogen) atoms. The van der Waals surface area contributed by atoms with Crippen molar-refractivity contribution in [3.63, 3.8) is 0 Å². The van der Waals surface area contributed by atoms with Crippen LogP contribution in [-0.4, -0.2) is 27.6 Å². The molecule has 1 amide bonds. The van der Waals surface area contributed by atoms with Crippen LogP contribution in [0.25, 0.3) is 0 Å². The number of hydrogen-bond donors (Lipinski definition) is 1. The summed E-state index contributed by atoms with van der Waals surface area (Å²) < 4.78 is 5.61. The Morgan fingerprint density at radius 3 is 2.29 bits per heavy atom. The summed E-state index contributed by atoms with van der Waals surface area (Å²) in [6.07, 6.45) is 0.537. The second-order valence-electron chi connectivity index (χ2n) is 6.70. The lowest BCUT2D eigenvalue weighted by Crippen LogP contribution is -2.17. The van der Waals surface area contributed by atoms with Crippen molar-refractivity contribution in [3.05, 3.63) is 108 Å². The highest BCUT2D eigenvalue weighted by Gasteiger charge is 2.16. The van der Waals surface area contributed by atoms with Crippen molar-refractivity contribution < 1.29 is 14.0 Å². The Labute approximate surface area is 183 Å². The first-order valence-corrected chi connectivity index (χ1v) is 10.7. The van der Waals surface area contributed by atoms with Crippen molar-refractivity contribution in [2.45, 2.75) is 11.6 Å². The molecule has 3 aromatic carbocycles. The van der Waals surface area contributed by atoms with E-state index in [-0.39, 0.29) is 17.4 Å². The van der Waals surface area contributed by atoms with Crippen molar-refractivity contribution in [1.82, 2.24) is 10.2 Å². The molecular weight excluding hydrogens is 410 g/mol. The van der Waals surface area contributed by atoms with Gasteiger partial charge in [0.05, 0.1) is 17.9 Å². The first kappa shape index (κ1) is 20.6. The predicted octanol–water partition coefficient (Wildman–Crippen LogP) is 4.62. The van der Waals surface area contributed by atoms with E-state index >= 15 is 0 Å². The number of carbonyl (C=O) groups is 2. The zero-order valence-corrected chi connectivity index (χ0v) is 17.3. The van der Waals surface area contributed by atoms with Gasteiger partial charge in [0.1, 0.15) is 0 Å². The number of nitrogens with zero attached hydrogens (tertiary/aromatic N) is 2. The topological polar surface area (TPSA) is 85.1 Å². The van der Waals surface area contributed by atoms with Crippen molar-refractivity contribution in [1.29, 1.82) is 0 Å². The largest absolute Gasteiger partial charge is 0.416 e. The zero-order valence-electron chi connectivity index (χ0n) is 16.5. The molecule has 0 bridgehead atoms. The highest BCUT2D eigenvalue weighted by Crippen LogP contribution is 2.21. The summed E-state index contributed by atoms with van der Waals surface area (Å²) in [5, 5.41) is 11.2. The third-order valence-electron chi connectivity index (χ3n) is 4.45. The van der Waals surface area contributed by atoms with E-state index < -0.39 is 0 Å². The number of benzene rings is 3. The van der Waals surface area contributed by atoms with Crippen LogP contribution in [0.5, 0.6) is 0 Å². The molecule has 0 unspecified atom stereocenters. The smallest absolute Gasteiger partial charge is 0.277 e. The van der Waals surface area contributed by atoms with Crippen LogP contribution in [0.1, 0.15) is 27.4 Å². The van der Waals surface area contributed by atoms with E-state index in [9.17, 15) is 9.59 Å². The van der Waals surface area contributed by atoms with Gasteiger partial charge in [-0.3, -0.25) is 9.59 Å². The van der Waals surface area contributed by atoms with Crippen LogP contribution in [0.2, 0.25) is 0 Å². The van der Waals surface area contributed by atoms with Gasteiger partial charge in [-0.15, -0.1) is 10.2 Å². The fourth-order valence-corrected chi connectivity index (χ4v) is 3.57. The number of thioether (sulfide) groups is 1. The van der Waals surface area contributed by atoms with Crippen molar-refractivity contribution in [2.75, 3.05) is 11.1 Å². The molecule has 6 nitrogen and oxygen atoms in total. The van der Waals surface area contributed by atoms with Crippen molar-refractivity contribution in [2.24, 2.45) is 0 Å². The fourth-order valence-electron chi connectivity index (χ4n) is 2.99. The average molecular weight is 430 g/mol. The van der Waals surface area contributed by atoms with Gasteiger partial charge in [-0.25, -0.2) is 0 Å². The minimum Gasteiger partial charge on any atom is -0.416 e. The zero-order chi connectivity index (χ0) is 21.5. The minimum atomic E-state index is -0.263. The predicted molar refractivity (Wildman–Crippen MR) is 119 cm³/mol. The Balaban J connectivity index is 1.36. The molecule has 0 aliphatic rings. The lowest BCUT2D eigenvalue weighted by molar-refractivity contribution is -0.113. The van der Waals surface area contributed by atoms with Crippen LogP contribution in [0.3, 0.4) is 0 Å². The Morgan fingerprint density at radius 2 is 1.52 bits per heavy atom. The molecular formula is C24H19N3O3S. The van der Waals surface area contributed by atoms with Crippen LogP contribution in [0.15, 0.2) is 94.6 Å². The fraction of sp³-hybridized carbons (Fsp3) is 0.0833. The SMILES string of the molecule is O=C(CSc1nnc(Cc2ccccc2)o1)Nc1ccccc1C(=O)c1ccccc1. The summed E-state index contributed by atoms with van der Waals surface area (Å²) in [5.74, 6) is 0.168. The summed E-state index contributed by atoms with van der Waals surface area (Å²) in [7, 11) is 0. The second-order valence-corrected chi connectivity index (χ2v) is 7.63. The molecule has 0 atom stereocenters. The number of carbonyl (C=O) groups excluding carboxylic acids is 2. The number of aromatic nitrogens is 2. The Morgan fingerprint density at radius 1 is 0.839 bits per heavy atom. The molecule has 0 aliphatic heterocycles. The van der Waals surface area contributed by atoms with Crippen molar-refractivity contribution >= 4 is 29.1 Å². The lowest BCUT2D eigenvalue weighted by Gasteiger charge is -2.10. The van der Waals surface area contributed by atoms with E-state index in [4.69, 9.17) is 4.42 Å². The van der Waals surface area contributed by atoms with E-state index in [1.54, 1.807) is 36.4 Å². The minimum absolute atomic E-state index is 0.0842. The van der Waals surface area contributed by atoms with Gasteiger partial charge in [0.2, 0.25) is 11.8 Å². The van der Waals surface area contributed by atoms with Gasteiger partial charge in [-0.05, 0) is 17.7 Å². The molecule has 0 saturated carbocycles. The van der Waals surface area contributed by atoms with Crippen LogP contribution >= 0.6 is 11.8 Å². The van der Waals surface area contributed by atoms with E-state index in [0.29, 0.717) is 34.3 Å². The number of para-hydroxylation sites is 1. The molecule has 1 aromatic heterocycles. The quantitative estimate of drug-likeness (QED) is 0.325. The van der Waals surface area contributed by atoms with Gasteiger partial charge in [-0.2, -0.15) is 0 Å². The molecule has 4 rings (SSSR count). The molecule has 0 aliphatic carbocycles. The maximum absolute atomic E-state index is 12.8. The summed E-state index contributed by atoms with van der Waals surface area (Å²) in [6.45, 7) is 0. The second kappa shape index (κ2) is 9.86. The lowest BCUT2D eigenvalue weighted by atomic mass is 10.0. The van der Waals surface area contributed by atoms with E-state index in [0.717, 1.165) is 17.3 Å². The summed E-state index contributed by atoms with van der Waals surface area (Å²) >= 11 is 1.15. The molecule has 1 heterocycles. The van der Waals surface area contributed by atoms with Crippen LogP contribution < -0.4 is 5.32 Å². The molecule has 4 aromatic rings. The number of nitrogens with one attached hydrogen (secondary N) is 1. The first-order valence-electron chi connectivity index (χ1n) is 9.67. The average Bonchev–Trinajstić information content (AvgIpc) is 3.26. The number of ketones is 1. The van der Waals surface area contributed by atoms with E-state index in [1.807, 2.05) is 48.5 Å². The molecule has 0 radical (unpaired) electrons. The van der Waals surface area contributed by atoms with E-state index in [1.165, 1.54) is 0 Å². The van der Waals surface area contributed by atoms with Crippen molar-refractivity contribution in [3.8, 4) is 0 Å². The van der Waals surface area contributed by atoms with Gasteiger partial charge in [-0.1, -0.05) is 84.6 Å². The highest BCUT2D eigenvalue weighted by atomic mass is 32.2. The first-order chi connectivity index (χ1) is 15.2. The Kier molecular flexibility index (Phi) is 6.54. The molecule has 0 spiro atoms. The third-order valence-corrected chi connectivity index (χ3v) is 5.27. The van der Waals surface area contributed by atoms with Crippen LogP contribution in [0.4, 0.5) is 5.69 Å². The Hall–Kier alpha value is -3.71.